The van der Waals surface area contributed by atoms with Crippen molar-refractivity contribution in [2.45, 2.75) is 27.2 Å². The highest BCUT2D eigenvalue weighted by molar-refractivity contribution is 6.00. The van der Waals surface area contributed by atoms with E-state index in [1.807, 2.05) is 32.0 Å². The van der Waals surface area contributed by atoms with Crippen LogP contribution in [0.15, 0.2) is 36.4 Å². The summed E-state index contributed by atoms with van der Waals surface area (Å²) in [7, 11) is 0. The average molecular weight is 398 g/mol. The summed E-state index contributed by atoms with van der Waals surface area (Å²) in [5.41, 5.74) is 3.58. The fourth-order valence-corrected chi connectivity index (χ4v) is 3.25. The third kappa shape index (κ3) is 4.62. The number of nitrogens with zero attached hydrogens (tertiary/aromatic N) is 1. The maximum atomic E-state index is 13.5. The van der Waals surface area contributed by atoms with Gasteiger partial charge in [-0.3, -0.25) is 14.4 Å². The molecule has 1 aliphatic heterocycles. The molecular weight excluding hydrogens is 375 g/mol. The number of carbonyl (C=O) groups excluding carboxylic acids is 3. The molecule has 0 saturated carbocycles. The zero-order chi connectivity index (χ0) is 21.1. The monoisotopic (exact) mass is 398 g/mol. The first kappa shape index (κ1) is 20.5. The lowest BCUT2D eigenvalue weighted by Crippen LogP contribution is -2.28. The molecule has 1 heterocycles. The van der Waals surface area contributed by atoms with Gasteiger partial charge in [0, 0.05) is 24.3 Å². The van der Waals surface area contributed by atoms with Crippen LogP contribution in [0, 0.1) is 32.5 Å². The van der Waals surface area contributed by atoms with Crippen molar-refractivity contribution >= 4 is 29.2 Å². The Labute approximate surface area is 168 Å². The second-order valence-corrected chi connectivity index (χ2v) is 7.24. The molecule has 0 spiro atoms. The van der Waals surface area contributed by atoms with Crippen LogP contribution in [0.5, 0.6) is 0 Å². The second kappa shape index (κ2) is 8.43. The van der Waals surface area contributed by atoms with E-state index >= 15 is 0 Å². The van der Waals surface area contributed by atoms with Gasteiger partial charge in [0.2, 0.25) is 5.91 Å². The fraction of sp³-hybridized carbons (Fsp3) is 0.318. The number of anilines is 2. The highest BCUT2D eigenvalue weighted by Crippen LogP contribution is 2.29. The number of rotatable bonds is 5. The summed E-state index contributed by atoms with van der Waals surface area (Å²) in [6, 6.07) is 9.99. The predicted octanol–water partition coefficient (Wildman–Crippen LogP) is 3.29. The quantitative estimate of drug-likeness (QED) is 0.785. The summed E-state index contributed by atoms with van der Waals surface area (Å²) < 4.78 is 18.6. The normalized spacial score (nSPS) is 16.1. The lowest BCUT2D eigenvalue weighted by molar-refractivity contribution is -0.151. The van der Waals surface area contributed by atoms with E-state index in [1.54, 1.807) is 24.0 Å². The van der Waals surface area contributed by atoms with Crippen molar-refractivity contribution < 1.29 is 23.5 Å². The molecule has 1 fully saturated rings. The number of nitrogens with one attached hydrogen (secondary N) is 1. The summed E-state index contributed by atoms with van der Waals surface area (Å²) in [4.78, 5) is 38.3. The standard InChI is InChI=1S/C22H23FN2O4/c1-13-5-4-6-19(15(13)3)25-11-16(9-21(25)27)22(28)29-12-20(26)24-17-8-7-14(2)18(23)10-17/h4-8,10,16H,9,11-12H2,1-3H3,(H,24,26)/t16-/m1/s1. The van der Waals surface area contributed by atoms with Gasteiger partial charge >= 0.3 is 5.97 Å². The summed E-state index contributed by atoms with van der Waals surface area (Å²) in [5.74, 6) is -2.39. The van der Waals surface area contributed by atoms with Gasteiger partial charge in [-0.15, -0.1) is 0 Å². The van der Waals surface area contributed by atoms with Gasteiger partial charge in [0.25, 0.3) is 5.91 Å². The number of carbonyl (C=O) groups is 3. The van der Waals surface area contributed by atoms with Crippen LogP contribution in [0.1, 0.15) is 23.1 Å². The van der Waals surface area contributed by atoms with Gasteiger partial charge in [-0.25, -0.2) is 4.39 Å². The van der Waals surface area contributed by atoms with E-state index in [-0.39, 0.29) is 24.6 Å². The largest absolute Gasteiger partial charge is 0.455 e. The Morgan fingerprint density at radius 2 is 1.93 bits per heavy atom. The van der Waals surface area contributed by atoms with Gasteiger partial charge in [-0.1, -0.05) is 18.2 Å². The Morgan fingerprint density at radius 1 is 1.17 bits per heavy atom. The Kier molecular flexibility index (Phi) is 5.96. The molecule has 2 aromatic carbocycles. The molecule has 0 radical (unpaired) electrons. The predicted molar refractivity (Wildman–Crippen MR) is 107 cm³/mol. The molecule has 1 atom stereocenters. The lowest BCUT2D eigenvalue weighted by atomic mass is 10.1. The van der Waals surface area contributed by atoms with E-state index in [0.29, 0.717) is 5.56 Å². The van der Waals surface area contributed by atoms with Crippen molar-refractivity contribution in [1.29, 1.82) is 0 Å². The lowest BCUT2D eigenvalue weighted by Gasteiger charge is -2.20. The molecule has 1 aliphatic rings. The van der Waals surface area contributed by atoms with Crippen LogP contribution in [-0.4, -0.2) is 30.9 Å². The van der Waals surface area contributed by atoms with Crippen LogP contribution in [0.3, 0.4) is 0 Å². The molecule has 0 aliphatic carbocycles. The van der Waals surface area contributed by atoms with Gasteiger partial charge in [0.1, 0.15) is 5.82 Å². The molecule has 29 heavy (non-hydrogen) atoms. The zero-order valence-electron chi connectivity index (χ0n) is 16.6. The minimum Gasteiger partial charge on any atom is -0.455 e. The first-order chi connectivity index (χ1) is 13.8. The maximum absolute atomic E-state index is 13.5. The molecule has 0 aromatic heterocycles. The van der Waals surface area contributed by atoms with Crippen molar-refractivity contribution in [2.75, 3.05) is 23.4 Å². The SMILES string of the molecule is Cc1ccc(NC(=O)COC(=O)[C@@H]2CC(=O)N(c3cccc(C)c3C)C2)cc1F. The molecule has 2 amide bonds. The molecular formula is C22H23FN2O4. The van der Waals surface area contributed by atoms with E-state index in [4.69, 9.17) is 4.74 Å². The van der Waals surface area contributed by atoms with Crippen LogP contribution in [0.25, 0.3) is 0 Å². The molecule has 152 valence electrons. The van der Waals surface area contributed by atoms with E-state index in [0.717, 1.165) is 16.8 Å². The first-order valence-corrected chi connectivity index (χ1v) is 9.35. The van der Waals surface area contributed by atoms with Crippen molar-refractivity contribution in [3.8, 4) is 0 Å². The highest BCUT2D eigenvalue weighted by Gasteiger charge is 2.37. The molecule has 7 heteroatoms. The molecule has 0 unspecified atom stereocenters. The number of benzene rings is 2. The van der Waals surface area contributed by atoms with Crippen molar-refractivity contribution in [3.05, 3.63) is 58.9 Å². The number of esters is 1. The fourth-order valence-electron chi connectivity index (χ4n) is 3.25. The number of hydrogen-bond donors (Lipinski definition) is 1. The molecule has 1 N–H and O–H groups in total. The summed E-state index contributed by atoms with van der Waals surface area (Å²) in [5, 5.41) is 2.48. The van der Waals surface area contributed by atoms with Crippen molar-refractivity contribution in [1.82, 2.24) is 0 Å². The van der Waals surface area contributed by atoms with Gasteiger partial charge < -0.3 is 15.0 Å². The third-order valence-electron chi connectivity index (χ3n) is 5.13. The van der Waals surface area contributed by atoms with E-state index in [9.17, 15) is 18.8 Å². The smallest absolute Gasteiger partial charge is 0.311 e. The Balaban J connectivity index is 1.56. The van der Waals surface area contributed by atoms with E-state index in [1.165, 1.54) is 6.07 Å². The summed E-state index contributed by atoms with van der Waals surface area (Å²) in [6.45, 7) is 5.23. The van der Waals surface area contributed by atoms with Gasteiger partial charge in [-0.2, -0.15) is 0 Å². The molecule has 1 saturated heterocycles. The van der Waals surface area contributed by atoms with Crippen molar-refractivity contribution in [3.63, 3.8) is 0 Å². The number of ether oxygens (including phenoxy) is 1. The Morgan fingerprint density at radius 3 is 2.66 bits per heavy atom. The van der Waals surface area contributed by atoms with Gasteiger partial charge in [0.05, 0.1) is 5.92 Å². The zero-order valence-corrected chi connectivity index (χ0v) is 16.6. The Bertz CT molecular complexity index is 973. The topological polar surface area (TPSA) is 75.7 Å². The van der Waals surface area contributed by atoms with Gasteiger partial charge in [-0.05, 0) is 55.7 Å². The number of aryl methyl sites for hydroxylation is 2. The molecule has 0 bridgehead atoms. The third-order valence-corrected chi connectivity index (χ3v) is 5.13. The van der Waals surface area contributed by atoms with Crippen LogP contribution >= 0.6 is 0 Å². The molecule has 6 nitrogen and oxygen atoms in total. The number of amides is 2. The summed E-state index contributed by atoms with van der Waals surface area (Å²) >= 11 is 0. The van der Waals surface area contributed by atoms with Gasteiger partial charge in [0.15, 0.2) is 6.61 Å². The van der Waals surface area contributed by atoms with Crippen molar-refractivity contribution in [2.24, 2.45) is 5.92 Å². The van der Waals surface area contributed by atoms with E-state index < -0.39 is 30.2 Å². The van der Waals surface area contributed by atoms with Crippen LogP contribution in [0.4, 0.5) is 15.8 Å². The Hall–Kier alpha value is -3.22. The van der Waals surface area contributed by atoms with Crippen LogP contribution in [0.2, 0.25) is 0 Å². The average Bonchev–Trinajstić information content (AvgIpc) is 3.06. The minimum atomic E-state index is -0.632. The maximum Gasteiger partial charge on any atom is 0.311 e. The van der Waals surface area contributed by atoms with Crippen LogP contribution in [-0.2, 0) is 19.1 Å². The first-order valence-electron chi connectivity index (χ1n) is 9.35. The second-order valence-electron chi connectivity index (χ2n) is 7.24. The summed E-state index contributed by atoms with van der Waals surface area (Å²) in [6.07, 6.45) is 0.0387. The number of hydrogen-bond acceptors (Lipinski definition) is 4. The molecule has 3 rings (SSSR count). The van der Waals surface area contributed by atoms with Crippen LogP contribution < -0.4 is 10.2 Å². The minimum absolute atomic E-state index is 0.0387. The number of halogens is 1. The molecule has 2 aromatic rings. The van der Waals surface area contributed by atoms with E-state index in [2.05, 4.69) is 5.32 Å². The highest BCUT2D eigenvalue weighted by atomic mass is 19.1.